The highest BCUT2D eigenvalue weighted by Gasteiger charge is 2.09. The number of hydrogen-bond donors (Lipinski definition) is 1. The van der Waals surface area contributed by atoms with Gasteiger partial charge in [-0.05, 0) is 31.0 Å². The Morgan fingerprint density at radius 2 is 1.65 bits per heavy atom. The second-order valence-electron chi connectivity index (χ2n) is 4.31. The maximum atomic E-state index is 4.24. The first-order chi connectivity index (χ1) is 8.25. The van der Waals surface area contributed by atoms with E-state index >= 15 is 0 Å². The lowest BCUT2D eigenvalue weighted by Gasteiger charge is -2.06. The van der Waals surface area contributed by atoms with Crippen molar-refractivity contribution < 1.29 is 0 Å². The second-order valence-corrected chi connectivity index (χ2v) is 4.31. The lowest BCUT2D eigenvalue weighted by atomic mass is 9.98. The largest absolute Gasteiger partial charge is 0.197 e. The molecule has 0 aliphatic rings. The van der Waals surface area contributed by atoms with Gasteiger partial charge in [0.15, 0.2) is 0 Å². The second kappa shape index (κ2) is 3.70. The van der Waals surface area contributed by atoms with Crippen LogP contribution in [0.15, 0.2) is 36.4 Å². The minimum atomic E-state index is 0.908. The van der Waals surface area contributed by atoms with Crippen LogP contribution in [0, 0.1) is 13.8 Å². The summed E-state index contributed by atoms with van der Waals surface area (Å²) in [7, 11) is 0. The van der Waals surface area contributed by atoms with Crippen molar-refractivity contribution in [2.75, 3.05) is 0 Å². The molecule has 0 saturated carbocycles. The van der Waals surface area contributed by atoms with Crippen LogP contribution in [0.1, 0.15) is 11.1 Å². The molecule has 1 aromatic heterocycles. The SMILES string of the molecule is Cc1ccc(-c2c(C)ccc3n[nH]nc23)cc1. The van der Waals surface area contributed by atoms with Crippen molar-refractivity contribution in [3.63, 3.8) is 0 Å². The van der Waals surface area contributed by atoms with Gasteiger partial charge in [-0.2, -0.15) is 15.4 Å². The van der Waals surface area contributed by atoms with Crippen LogP contribution in [0.3, 0.4) is 0 Å². The average molecular weight is 223 g/mol. The third-order valence-corrected chi connectivity index (χ3v) is 3.04. The predicted molar refractivity (Wildman–Crippen MR) is 68.8 cm³/mol. The Balaban J connectivity index is 2.31. The minimum Gasteiger partial charge on any atom is -0.197 e. The fraction of sp³-hybridized carbons (Fsp3) is 0.143. The number of nitrogens with zero attached hydrogens (tertiary/aromatic N) is 2. The van der Waals surface area contributed by atoms with E-state index in [2.05, 4.69) is 59.6 Å². The zero-order chi connectivity index (χ0) is 11.8. The van der Waals surface area contributed by atoms with E-state index in [0.717, 1.165) is 16.6 Å². The third kappa shape index (κ3) is 1.60. The fourth-order valence-electron chi connectivity index (χ4n) is 2.10. The first-order valence-electron chi connectivity index (χ1n) is 5.63. The lowest BCUT2D eigenvalue weighted by molar-refractivity contribution is 0.959. The molecule has 0 bridgehead atoms. The number of H-pyrrole nitrogens is 1. The van der Waals surface area contributed by atoms with E-state index in [1.807, 2.05) is 6.07 Å². The van der Waals surface area contributed by atoms with E-state index in [1.54, 1.807) is 0 Å². The van der Waals surface area contributed by atoms with E-state index in [9.17, 15) is 0 Å². The Labute approximate surface area is 99.5 Å². The highest BCUT2D eigenvalue weighted by molar-refractivity contribution is 5.93. The molecule has 2 aromatic carbocycles. The molecule has 0 spiro atoms. The van der Waals surface area contributed by atoms with Gasteiger partial charge in [-0.15, -0.1) is 0 Å². The highest BCUT2D eigenvalue weighted by Crippen LogP contribution is 2.29. The molecule has 17 heavy (non-hydrogen) atoms. The van der Waals surface area contributed by atoms with Gasteiger partial charge in [0.2, 0.25) is 0 Å². The van der Waals surface area contributed by atoms with Gasteiger partial charge >= 0.3 is 0 Å². The van der Waals surface area contributed by atoms with Crippen molar-refractivity contribution >= 4 is 11.0 Å². The maximum absolute atomic E-state index is 4.24. The Hall–Kier alpha value is -2.16. The topological polar surface area (TPSA) is 41.6 Å². The normalized spacial score (nSPS) is 10.9. The predicted octanol–water partition coefficient (Wildman–Crippen LogP) is 3.24. The first-order valence-corrected chi connectivity index (χ1v) is 5.63. The van der Waals surface area contributed by atoms with Gasteiger partial charge in [0.05, 0.1) is 0 Å². The Kier molecular flexibility index (Phi) is 2.18. The molecule has 3 heteroatoms. The molecular weight excluding hydrogens is 210 g/mol. The smallest absolute Gasteiger partial charge is 0.121 e. The molecule has 3 nitrogen and oxygen atoms in total. The van der Waals surface area contributed by atoms with E-state index in [0.29, 0.717) is 0 Å². The van der Waals surface area contributed by atoms with Crippen LogP contribution in [-0.2, 0) is 0 Å². The number of aromatic amines is 1. The van der Waals surface area contributed by atoms with Crippen LogP contribution in [0.5, 0.6) is 0 Å². The van der Waals surface area contributed by atoms with Crippen molar-refractivity contribution in [3.05, 3.63) is 47.5 Å². The van der Waals surface area contributed by atoms with Crippen molar-refractivity contribution in [2.24, 2.45) is 0 Å². The van der Waals surface area contributed by atoms with Gasteiger partial charge in [0.25, 0.3) is 0 Å². The van der Waals surface area contributed by atoms with Gasteiger partial charge in [-0.1, -0.05) is 35.9 Å². The van der Waals surface area contributed by atoms with E-state index in [-0.39, 0.29) is 0 Å². The van der Waals surface area contributed by atoms with Gasteiger partial charge in [0.1, 0.15) is 11.0 Å². The molecular formula is C14H13N3. The number of fused-ring (bicyclic) bond motifs is 1. The standard InChI is InChI=1S/C14H13N3/c1-9-3-6-11(7-4-9)13-10(2)5-8-12-14(13)16-17-15-12/h3-8H,1-2H3,(H,15,16,17). The average Bonchev–Trinajstić information content (AvgIpc) is 2.79. The molecule has 0 fully saturated rings. The van der Waals surface area contributed by atoms with Gasteiger partial charge < -0.3 is 0 Å². The van der Waals surface area contributed by atoms with Crippen molar-refractivity contribution in [3.8, 4) is 11.1 Å². The summed E-state index contributed by atoms with van der Waals surface area (Å²) in [5, 5.41) is 11.1. The van der Waals surface area contributed by atoms with Gasteiger partial charge in [0, 0.05) is 5.56 Å². The summed E-state index contributed by atoms with van der Waals surface area (Å²) in [6.07, 6.45) is 0. The van der Waals surface area contributed by atoms with E-state index in [4.69, 9.17) is 0 Å². The lowest BCUT2D eigenvalue weighted by Crippen LogP contribution is -1.86. The number of nitrogens with one attached hydrogen (secondary N) is 1. The molecule has 84 valence electrons. The maximum Gasteiger partial charge on any atom is 0.121 e. The molecule has 0 unspecified atom stereocenters. The Bertz CT molecular complexity index is 666. The molecule has 1 heterocycles. The van der Waals surface area contributed by atoms with Crippen molar-refractivity contribution in [2.45, 2.75) is 13.8 Å². The molecule has 0 aliphatic heterocycles. The molecule has 0 atom stereocenters. The van der Waals surface area contributed by atoms with E-state index in [1.165, 1.54) is 16.7 Å². The fourth-order valence-corrected chi connectivity index (χ4v) is 2.10. The van der Waals surface area contributed by atoms with Gasteiger partial charge in [-0.25, -0.2) is 0 Å². The molecule has 0 aliphatic carbocycles. The van der Waals surface area contributed by atoms with Crippen LogP contribution >= 0.6 is 0 Å². The van der Waals surface area contributed by atoms with Crippen LogP contribution in [0.25, 0.3) is 22.2 Å². The summed E-state index contributed by atoms with van der Waals surface area (Å²) in [4.78, 5) is 0. The zero-order valence-electron chi connectivity index (χ0n) is 9.86. The third-order valence-electron chi connectivity index (χ3n) is 3.04. The summed E-state index contributed by atoms with van der Waals surface area (Å²) in [5.74, 6) is 0. The molecule has 1 N–H and O–H groups in total. The van der Waals surface area contributed by atoms with E-state index < -0.39 is 0 Å². The number of aryl methyl sites for hydroxylation is 2. The summed E-state index contributed by atoms with van der Waals surface area (Å²) < 4.78 is 0. The van der Waals surface area contributed by atoms with Crippen LogP contribution in [0.4, 0.5) is 0 Å². The number of aromatic nitrogens is 3. The quantitative estimate of drug-likeness (QED) is 0.688. The van der Waals surface area contributed by atoms with Gasteiger partial charge in [-0.3, -0.25) is 0 Å². The molecule has 3 rings (SSSR count). The Morgan fingerprint density at radius 1 is 0.882 bits per heavy atom. The number of hydrogen-bond acceptors (Lipinski definition) is 2. The van der Waals surface area contributed by atoms with Crippen molar-refractivity contribution in [1.82, 2.24) is 15.4 Å². The summed E-state index contributed by atoms with van der Waals surface area (Å²) in [6.45, 7) is 4.19. The van der Waals surface area contributed by atoms with Crippen LogP contribution in [-0.4, -0.2) is 15.4 Å². The van der Waals surface area contributed by atoms with Crippen molar-refractivity contribution in [1.29, 1.82) is 0 Å². The molecule has 0 saturated heterocycles. The molecule has 0 amide bonds. The minimum absolute atomic E-state index is 0.908. The first kappa shape index (κ1) is 10.0. The molecule has 3 aromatic rings. The monoisotopic (exact) mass is 223 g/mol. The Morgan fingerprint density at radius 3 is 2.41 bits per heavy atom. The van der Waals surface area contributed by atoms with Crippen LogP contribution in [0.2, 0.25) is 0 Å². The number of rotatable bonds is 1. The zero-order valence-corrected chi connectivity index (χ0v) is 9.86. The summed E-state index contributed by atoms with van der Waals surface area (Å²) >= 11 is 0. The molecule has 0 radical (unpaired) electrons. The number of benzene rings is 2. The summed E-state index contributed by atoms with van der Waals surface area (Å²) in [6, 6.07) is 12.6. The highest BCUT2D eigenvalue weighted by atomic mass is 15.3. The summed E-state index contributed by atoms with van der Waals surface area (Å²) in [5.41, 5.74) is 6.68. The van der Waals surface area contributed by atoms with Crippen LogP contribution < -0.4 is 0 Å².